The molecule has 0 radical (unpaired) electrons. The lowest BCUT2D eigenvalue weighted by Gasteiger charge is -2.34. The molecule has 126 valence electrons. The lowest BCUT2D eigenvalue weighted by atomic mass is 10.2. The fraction of sp³-hybridized carbons (Fsp3) is 0.600. The van der Waals surface area contributed by atoms with Gasteiger partial charge in [-0.2, -0.15) is 0 Å². The molecular weight excluding hydrogens is 296 g/mol. The number of aromatic nitrogens is 2. The number of carbonyl (C=O) groups excluding carboxylic acids is 2. The Kier molecular flexibility index (Phi) is 6.13. The van der Waals surface area contributed by atoms with Gasteiger partial charge in [-0.15, -0.1) is 0 Å². The van der Waals surface area contributed by atoms with E-state index in [1.54, 1.807) is 23.4 Å². The molecule has 0 aliphatic carbocycles. The third-order valence-electron chi connectivity index (χ3n) is 3.51. The van der Waals surface area contributed by atoms with E-state index in [9.17, 15) is 9.59 Å². The van der Waals surface area contributed by atoms with Crippen LogP contribution < -0.4 is 15.5 Å². The number of amides is 3. The van der Waals surface area contributed by atoms with E-state index in [2.05, 4.69) is 20.6 Å². The van der Waals surface area contributed by atoms with Crippen molar-refractivity contribution in [2.45, 2.75) is 13.8 Å². The van der Waals surface area contributed by atoms with Crippen LogP contribution in [-0.4, -0.2) is 66.1 Å². The minimum Gasteiger partial charge on any atom is -0.354 e. The number of hydrogen-bond acceptors (Lipinski definition) is 5. The van der Waals surface area contributed by atoms with Gasteiger partial charge in [-0.1, -0.05) is 13.8 Å². The summed E-state index contributed by atoms with van der Waals surface area (Å²) in [6.45, 7) is 7.19. The summed E-state index contributed by atoms with van der Waals surface area (Å²) in [6, 6.07) is 1.57. The fourth-order valence-corrected chi connectivity index (χ4v) is 2.21. The second-order valence-electron chi connectivity index (χ2n) is 5.88. The number of carbonyl (C=O) groups is 2. The van der Waals surface area contributed by atoms with Crippen LogP contribution in [0.5, 0.6) is 0 Å². The average molecular weight is 320 g/mol. The Morgan fingerprint density at radius 3 is 2.39 bits per heavy atom. The Balaban J connectivity index is 1.70. The number of piperazine rings is 1. The molecule has 1 saturated heterocycles. The summed E-state index contributed by atoms with van der Waals surface area (Å²) in [7, 11) is 0. The molecule has 1 aliphatic rings. The summed E-state index contributed by atoms with van der Waals surface area (Å²) in [5.41, 5.74) is 0. The zero-order chi connectivity index (χ0) is 16.7. The Morgan fingerprint density at radius 1 is 1.13 bits per heavy atom. The third-order valence-corrected chi connectivity index (χ3v) is 3.51. The molecular formula is C15H24N6O2. The molecule has 2 rings (SSSR count). The second-order valence-corrected chi connectivity index (χ2v) is 5.88. The summed E-state index contributed by atoms with van der Waals surface area (Å²) in [5.74, 6) is 0.909. The van der Waals surface area contributed by atoms with Crippen molar-refractivity contribution < 1.29 is 9.59 Å². The standard InChI is InChI=1S/C15H24N6O2/c1-12(2)10-18-13(22)11-19-15(23)21-8-6-20(7-9-21)14-16-4-3-5-17-14/h3-5,12H,6-11H2,1-2H3,(H,18,22)(H,19,23). The van der Waals surface area contributed by atoms with E-state index in [0.717, 1.165) is 0 Å². The van der Waals surface area contributed by atoms with Gasteiger partial charge < -0.3 is 20.4 Å². The quantitative estimate of drug-likeness (QED) is 0.802. The molecule has 1 aromatic rings. The average Bonchev–Trinajstić information content (AvgIpc) is 2.58. The molecule has 1 aromatic heterocycles. The van der Waals surface area contributed by atoms with Gasteiger partial charge in [-0.05, 0) is 12.0 Å². The van der Waals surface area contributed by atoms with E-state index < -0.39 is 0 Å². The molecule has 0 bridgehead atoms. The van der Waals surface area contributed by atoms with Crippen LogP contribution in [-0.2, 0) is 4.79 Å². The summed E-state index contributed by atoms with van der Waals surface area (Å²) in [6.07, 6.45) is 3.41. The first-order valence-electron chi connectivity index (χ1n) is 7.87. The Labute approximate surface area is 136 Å². The lowest BCUT2D eigenvalue weighted by Crippen LogP contribution is -2.53. The highest BCUT2D eigenvalue weighted by Gasteiger charge is 2.22. The topological polar surface area (TPSA) is 90.5 Å². The Bertz CT molecular complexity index is 514. The molecule has 1 aliphatic heterocycles. The minimum atomic E-state index is -0.210. The van der Waals surface area contributed by atoms with Gasteiger partial charge in [0.25, 0.3) is 0 Å². The van der Waals surface area contributed by atoms with Crippen LogP contribution in [0.1, 0.15) is 13.8 Å². The summed E-state index contributed by atoms with van der Waals surface area (Å²) < 4.78 is 0. The van der Waals surface area contributed by atoms with Crippen LogP contribution in [0.2, 0.25) is 0 Å². The van der Waals surface area contributed by atoms with Crippen LogP contribution >= 0.6 is 0 Å². The molecule has 3 amide bonds. The number of urea groups is 1. The maximum absolute atomic E-state index is 12.1. The van der Waals surface area contributed by atoms with Crippen LogP contribution in [0, 0.1) is 5.92 Å². The van der Waals surface area contributed by atoms with E-state index in [1.165, 1.54) is 0 Å². The second kappa shape index (κ2) is 8.30. The van der Waals surface area contributed by atoms with Crippen molar-refractivity contribution in [3.05, 3.63) is 18.5 Å². The van der Waals surface area contributed by atoms with Crippen LogP contribution in [0.4, 0.5) is 10.7 Å². The van der Waals surface area contributed by atoms with Gasteiger partial charge in [-0.25, -0.2) is 14.8 Å². The normalized spacial score (nSPS) is 14.7. The highest BCUT2D eigenvalue weighted by molar-refractivity contribution is 5.84. The van der Waals surface area contributed by atoms with E-state index in [-0.39, 0.29) is 18.5 Å². The van der Waals surface area contributed by atoms with Gasteiger partial charge in [0, 0.05) is 45.1 Å². The molecule has 0 atom stereocenters. The largest absolute Gasteiger partial charge is 0.354 e. The predicted octanol–water partition coefficient (Wildman–Crippen LogP) is 0.0804. The molecule has 0 spiro atoms. The molecule has 1 fully saturated rings. The lowest BCUT2D eigenvalue weighted by molar-refractivity contribution is -0.120. The zero-order valence-electron chi connectivity index (χ0n) is 13.7. The smallest absolute Gasteiger partial charge is 0.317 e. The SMILES string of the molecule is CC(C)CNC(=O)CNC(=O)N1CCN(c2ncccn2)CC1. The Hall–Kier alpha value is -2.38. The van der Waals surface area contributed by atoms with E-state index >= 15 is 0 Å². The summed E-state index contributed by atoms with van der Waals surface area (Å²) >= 11 is 0. The first kappa shape index (κ1) is 17.0. The molecule has 23 heavy (non-hydrogen) atoms. The number of anilines is 1. The van der Waals surface area contributed by atoms with Crippen molar-refractivity contribution in [1.82, 2.24) is 25.5 Å². The molecule has 2 N–H and O–H groups in total. The van der Waals surface area contributed by atoms with Gasteiger partial charge in [-0.3, -0.25) is 4.79 Å². The van der Waals surface area contributed by atoms with Crippen molar-refractivity contribution in [2.75, 3.05) is 44.2 Å². The number of nitrogens with one attached hydrogen (secondary N) is 2. The number of rotatable bonds is 5. The molecule has 0 unspecified atom stereocenters. The fourth-order valence-electron chi connectivity index (χ4n) is 2.21. The molecule has 0 saturated carbocycles. The van der Waals surface area contributed by atoms with Gasteiger partial charge in [0.05, 0.1) is 6.54 Å². The highest BCUT2D eigenvalue weighted by Crippen LogP contribution is 2.09. The van der Waals surface area contributed by atoms with E-state index in [0.29, 0.717) is 44.6 Å². The highest BCUT2D eigenvalue weighted by atomic mass is 16.2. The van der Waals surface area contributed by atoms with Crippen LogP contribution in [0.3, 0.4) is 0 Å². The van der Waals surface area contributed by atoms with Crippen molar-refractivity contribution in [2.24, 2.45) is 5.92 Å². The first-order valence-corrected chi connectivity index (χ1v) is 7.87. The van der Waals surface area contributed by atoms with Crippen molar-refractivity contribution in [1.29, 1.82) is 0 Å². The number of nitrogens with zero attached hydrogens (tertiary/aromatic N) is 4. The van der Waals surface area contributed by atoms with Gasteiger partial charge in [0.2, 0.25) is 11.9 Å². The van der Waals surface area contributed by atoms with E-state index in [4.69, 9.17) is 0 Å². The first-order chi connectivity index (χ1) is 11.1. The van der Waals surface area contributed by atoms with Crippen LogP contribution in [0.25, 0.3) is 0 Å². The minimum absolute atomic E-state index is 0.00750. The van der Waals surface area contributed by atoms with Gasteiger partial charge >= 0.3 is 6.03 Å². The maximum Gasteiger partial charge on any atom is 0.317 e. The van der Waals surface area contributed by atoms with Crippen molar-refractivity contribution in [3.63, 3.8) is 0 Å². The third kappa shape index (κ3) is 5.39. The number of hydrogen-bond donors (Lipinski definition) is 2. The van der Waals surface area contributed by atoms with Crippen LogP contribution in [0.15, 0.2) is 18.5 Å². The van der Waals surface area contributed by atoms with Crippen molar-refractivity contribution >= 4 is 17.9 Å². The van der Waals surface area contributed by atoms with Gasteiger partial charge in [0.15, 0.2) is 0 Å². The molecule has 8 heteroatoms. The molecule has 2 heterocycles. The molecule has 0 aromatic carbocycles. The zero-order valence-corrected chi connectivity index (χ0v) is 13.7. The molecule has 8 nitrogen and oxygen atoms in total. The van der Waals surface area contributed by atoms with Gasteiger partial charge in [0.1, 0.15) is 0 Å². The maximum atomic E-state index is 12.1. The summed E-state index contributed by atoms with van der Waals surface area (Å²) in [4.78, 5) is 35.8. The predicted molar refractivity (Wildman–Crippen MR) is 87.1 cm³/mol. The van der Waals surface area contributed by atoms with Crippen molar-refractivity contribution in [3.8, 4) is 0 Å². The summed E-state index contributed by atoms with van der Waals surface area (Å²) in [5, 5.41) is 5.43. The monoisotopic (exact) mass is 320 g/mol. The van der Waals surface area contributed by atoms with E-state index in [1.807, 2.05) is 18.7 Å². The Morgan fingerprint density at radius 2 is 1.78 bits per heavy atom.